The van der Waals surface area contributed by atoms with Crippen molar-refractivity contribution in [2.24, 2.45) is 5.73 Å². The van der Waals surface area contributed by atoms with Gasteiger partial charge in [-0.2, -0.15) is 0 Å². The summed E-state index contributed by atoms with van der Waals surface area (Å²) in [5, 5.41) is 2.80. The topological polar surface area (TPSA) is 55.1 Å². The van der Waals surface area contributed by atoms with Gasteiger partial charge in [-0.05, 0) is 50.1 Å². The van der Waals surface area contributed by atoms with Gasteiger partial charge >= 0.3 is 0 Å². The third kappa shape index (κ3) is 4.53. The van der Waals surface area contributed by atoms with Crippen LogP contribution in [0.5, 0.6) is 0 Å². The van der Waals surface area contributed by atoms with Gasteiger partial charge in [-0.25, -0.2) is 4.39 Å². The van der Waals surface area contributed by atoms with Gasteiger partial charge in [0.1, 0.15) is 5.82 Å². The van der Waals surface area contributed by atoms with Gasteiger partial charge in [-0.15, -0.1) is 0 Å². The van der Waals surface area contributed by atoms with E-state index in [2.05, 4.69) is 5.32 Å². The van der Waals surface area contributed by atoms with Crippen LogP contribution in [0.2, 0.25) is 0 Å². The van der Waals surface area contributed by atoms with E-state index in [-0.39, 0.29) is 11.7 Å². The second-order valence-electron chi connectivity index (χ2n) is 4.07. The van der Waals surface area contributed by atoms with Gasteiger partial charge < -0.3 is 11.1 Å². The van der Waals surface area contributed by atoms with E-state index in [9.17, 15) is 9.18 Å². The Kier molecular flexibility index (Phi) is 5.63. The first kappa shape index (κ1) is 13.6. The van der Waals surface area contributed by atoms with E-state index in [1.165, 1.54) is 12.1 Å². The van der Waals surface area contributed by atoms with Crippen LogP contribution in [0.25, 0.3) is 0 Å². The van der Waals surface area contributed by atoms with Gasteiger partial charge in [0.05, 0.1) is 0 Å². The smallest absolute Gasteiger partial charge is 0.251 e. The third-order valence-electron chi connectivity index (χ3n) is 2.59. The standard InChI is InChI=1S/C13H19FN2O/c1-10-9-11(5-6-12(10)14)13(17)16-8-4-2-3-7-15/h5-6,9H,2-4,7-8,15H2,1H3,(H,16,17). The molecular weight excluding hydrogens is 219 g/mol. The molecule has 3 nitrogen and oxygen atoms in total. The second kappa shape index (κ2) is 7.01. The van der Waals surface area contributed by atoms with Crippen molar-refractivity contribution in [2.45, 2.75) is 26.2 Å². The summed E-state index contributed by atoms with van der Waals surface area (Å²) in [5.41, 5.74) is 6.36. The molecule has 0 spiro atoms. The van der Waals surface area contributed by atoms with E-state index >= 15 is 0 Å². The van der Waals surface area contributed by atoms with Crippen molar-refractivity contribution in [2.75, 3.05) is 13.1 Å². The molecule has 0 unspecified atom stereocenters. The Labute approximate surface area is 101 Å². The Morgan fingerprint density at radius 3 is 2.76 bits per heavy atom. The van der Waals surface area contributed by atoms with Gasteiger partial charge in [0.2, 0.25) is 0 Å². The fourth-order valence-electron chi connectivity index (χ4n) is 1.54. The first-order valence-corrected chi connectivity index (χ1v) is 5.89. The molecule has 1 aromatic rings. The number of halogens is 1. The summed E-state index contributed by atoms with van der Waals surface area (Å²) in [6.07, 6.45) is 2.91. The van der Waals surface area contributed by atoms with Crippen molar-refractivity contribution in [3.8, 4) is 0 Å². The van der Waals surface area contributed by atoms with Gasteiger partial charge in [-0.3, -0.25) is 4.79 Å². The number of unbranched alkanes of at least 4 members (excludes halogenated alkanes) is 2. The largest absolute Gasteiger partial charge is 0.352 e. The van der Waals surface area contributed by atoms with Crippen LogP contribution >= 0.6 is 0 Å². The molecule has 94 valence electrons. The molecular formula is C13H19FN2O. The van der Waals surface area contributed by atoms with E-state index in [4.69, 9.17) is 5.73 Å². The Hall–Kier alpha value is -1.42. The average Bonchev–Trinajstić information content (AvgIpc) is 2.32. The molecule has 0 saturated heterocycles. The van der Waals surface area contributed by atoms with Crippen LogP contribution in [0.4, 0.5) is 4.39 Å². The molecule has 1 rings (SSSR count). The molecule has 3 N–H and O–H groups in total. The maximum atomic E-state index is 13.0. The lowest BCUT2D eigenvalue weighted by Gasteiger charge is -2.06. The third-order valence-corrected chi connectivity index (χ3v) is 2.59. The van der Waals surface area contributed by atoms with Gasteiger partial charge in [0.25, 0.3) is 5.91 Å². The van der Waals surface area contributed by atoms with Crippen LogP contribution in [0.3, 0.4) is 0 Å². The highest BCUT2D eigenvalue weighted by atomic mass is 19.1. The minimum Gasteiger partial charge on any atom is -0.352 e. The highest BCUT2D eigenvalue weighted by Gasteiger charge is 2.06. The van der Waals surface area contributed by atoms with Crippen molar-refractivity contribution in [3.63, 3.8) is 0 Å². The minimum atomic E-state index is -0.288. The van der Waals surface area contributed by atoms with Crippen LogP contribution in [-0.4, -0.2) is 19.0 Å². The van der Waals surface area contributed by atoms with E-state index in [0.717, 1.165) is 19.3 Å². The normalized spacial score (nSPS) is 10.3. The number of carbonyl (C=O) groups is 1. The maximum Gasteiger partial charge on any atom is 0.251 e. The number of benzene rings is 1. The molecule has 4 heteroatoms. The summed E-state index contributed by atoms with van der Waals surface area (Å²) < 4.78 is 13.0. The summed E-state index contributed by atoms with van der Waals surface area (Å²) in [6.45, 7) is 2.97. The molecule has 17 heavy (non-hydrogen) atoms. The predicted molar refractivity (Wildman–Crippen MR) is 66.4 cm³/mol. The van der Waals surface area contributed by atoms with Crippen molar-refractivity contribution in [1.29, 1.82) is 0 Å². The van der Waals surface area contributed by atoms with Crippen molar-refractivity contribution >= 4 is 5.91 Å². The van der Waals surface area contributed by atoms with Gasteiger partial charge in [0, 0.05) is 12.1 Å². The van der Waals surface area contributed by atoms with Gasteiger partial charge in [0.15, 0.2) is 0 Å². The average molecular weight is 238 g/mol. The van der Waals surface area contributed by atoms with E-state index < -0.39 is 0 Å². The molecule has 0 aliphatic carbocycles. The minimum absolute atomic E-state index is 0.152. The first-order chi connectivity index (χ1) is 8.15. The molecule has 0 radical (unpaired) electrons. The number of rotatable bonds is 6. The fourth-order valence-corrected chi connectivity index (χ4v) is 1.54. The van der Waals surface area contributed by atoms with Crippen molar-refractivity contribution in [3.05, 3.63) is 35.1 Å². The highest BCUT2D eigenvalue weighted by Crippen LogP contribution is 2.09. The molecule has 1 aromatic carbocycles. The lowest BCUT2D eigenvalue weighted by atomic mass is 10.1. The molecule has 0 heterocycles. The van der Waals surface area contributed by atoms with E-state index in [0.29, 0.717) is 24.2 Å². The van der Waals surface area contributed by atoms with Crippen molar-refractivity contribution in [1.82, 2.24) is 5.32 Å². The van der Waals surface area contributed by atoms with Crippen molar-refractivity contribution < 1.29 is 9.18 Å². The summed E-state index contributed by atoms with van der Waals surface area (Å²) in [6, 6.07) is 4.38. The number of nitrogens with two attached hydrogens (primary N) is 1. The van der Waals surface area contributed by atoms with Crippen LogP contribution < -0.4 is 11.1 Å². The maximum absolute atomic E-state index is 13.0. The van der Waals surface area contributed by atoms with Crippen LogP contribution in [0.1, 0.15) is 35.2 Å². The summed E-state index contributed by atoms with van der Waals surface area (Å²) in [5.74, 6) is -0.439. The highest BCUT2D eigenvalue weighted by molar-refractivity contribution is 5.94. The number of carbonyl (C=O) groups excluding carboxylic acids is 1. The zero-order valence-electron chi connectivity index (χ0n) is 10.1. The zero-order chi connectivity index (χ0) is 12.7. The molecule has 0 aliphatic heterocycles. The summed E-state index contributed by atoms with van der Waals surface area (Å²) in [4.78, 5) is 11.7. The van der Waals surface area contributed by atoms with Crippen LogP contribution in [0, 0.1) is 12.7 Å². The van der Waals surface area contributed by atoms with Crippen LogP contribution in [-0.2, 0) is 0 Å². The Morgan fingerprint density at radius 1 is 1.35 bits per heavy atom. The molecule has 0 aliphatic rings. The molecule has 0 aromatic heterocycles. The monoisotopic (exact) mass is 238 g/mol. The zero-order valence-corrected chi connectivity index (χ0v) is 10.1. The lowest BCUT2D eigenvalue weighted by Crippen LogP contribution is -2.24. The number of nitrogens with one attached hydrogen (secondary N) is 1. The predicted octanol–water partition coefficient (Wildman–Crippen LogP) is 1.99. The number of hydrogen-bond acceptors (Lipinski definition) is 2. The second-order valence-corrected chi connectivity index (χ2v) is 4.07. The number of aryl methyl sites for hydroxylation is 1. The molecule has 0 saturated carbocycles. The van der Waals surface area contributed by atoms with E-state index in [1.54, 1.807) is 13.0 Å². The van der Waals surface area contributed by atoms with E-state index in [1.807, 2.05) is 0 Å². The fraction of sp³-hybridized carbons (Fsp3) is 0.462. The molecule has 1 amide bonds. The molecule has 0 bridgehead atoms. The Bertz CT molecular complexity index is 380. The summed E-state index contributed by atoms with van der Waals surface area (Å²) >= 11 is 0. The SMILES string of the molecule is Cc1cc(C(=O)NCCCCCN)ccc1F. The molecule has 0 atom stereocenters. The number of hydrogen-bond donors (Lipinski definition) is 2. The van der Waals surface area contributed by atoms with Gasteiger partial charge in [-0.1, -0.05) is 6.42 Å². The number of amides is 1. The summed E-state index contributed by atoms with van der Waals surface area (Å²) in [7, 11) is 0. The van der Waals surface area contributed by atoms with Crippen LogP contribution in [0.15, 0.2) is 18.2 Å². The quantitative estimate of drug-likeness (QED) is 0.745. The Morgan fingerprint density at radius 2 is 2.12 bits per heavy atom. The molecule has 0 fully saturated rings. The lowest BCUT2D eigenvalue weighted by molar-refractivity contribution is 0.0953. The first-order valence-electron chi connectivity index (χ1n) is 5.89. The Balaban J connectivity index is 2.39.